The minimum absolute atomic E-state index is 0.0236. The van der Waals surface area contributed by atoms with Gasteiger partial charge in [0.2, 0.25) is 0 Å². The van der Waals surface area contributed by atoms with Gasteiger partial charge in [-0.15, -0.1) is 0 Å². The van der Waals surface area contributed by atoms with Crippen LogP contribution in [0, 0.1) is 12.7 Å². The van der Waals surface area contributed by atoms with Crippen LogP contribution in [0.3, 0.4) is 0 Å². The zero-order chi connectivity index (χ0) is 12.8. The van der Waals surface area contributed by atoms with Crippen LogP contribution >= 0.6 is 0 Å². The third-order valence-electron chi connectivity index (χ3n) is 3.31. The van der Waals surface area contributed by atoms with Crippen LogP contribution in [0.25, 0.3) is 0 Å². The van der Waals surface area contributed by atoms with Gasteiger partial charge >= 0.3 is 0 Å². The Balaban J connectivity index is 0.000000686. The summed E-state index contributed by atoms with van der Waals surface area (Å²) in [7, 11) is 2.13. The van der Waals surface area contributed by atoms with Gasteiger partial charge in [0.1, 0.15) is 5.82 Å². The maximum Gasteiger partial charge on any atom is 0.126 e. The smallest absolute Gasteiger partial charge is 0.126 e. The van der Waals surface area contributed by atoms with Crippen LogP contribution in [0.15, 0.2) is 18.2 Å². The van der Waals surface area contributed by atoms with Crippen molar-refractivity contribution in [3.63, 3.8) is 0 Å². The van der Waals surface area contributed by atoms with Gasteiger partial charge in [-0.3, -0.25) is 0 Å². The van der Waals surface area contributed by atoms with E-state index in [0.717, 1.165) is 37.1 Å². The van der Waals surface area contributed by atoms with E-state index >= 15 is 0 Å². The largest absolute Gasteiger partial charge is 0.306 e. The van der Waals surface area contributed by atoms with Gasteiger partial charge in [0, 0.05) is 0 Å². The molecule has 0 aliphatic carbocycles. The first-order valence-corrected chi connectivity index (χ1v) is 6.61. The number of nitrogens with zero attached hydrogens (tertiary/aromatic N) is 1. The Morgan fingerprint density at radius 1 is 1.18 bits per heavy atom. The lowest BCUT2D eigenvalue weighted by Gasteiger charge is -2.29. The standard InChI is InChI=1S/C13H18FN.C2H6/c1-10-3-4-12(13(14)9-10)11-5-7-15(2)8-6-11;1-2/h3-4,9,11H,5-8H2,1-2H3;1-2H3. The molecule has 1 aromatic carbocycles. The van der Waals surface area contributed by atoms with E-state index in [2.05, 4.69) is 11.9 Å². The summed E-state index contributed by atoms with van der Waals surface area (Å²) in [6.07, 6.45) is 2.16. The third kappa shape index (κ3) is 3.81. The summed E-state index contributed by atoms with van der Waals surface area (Å²) in [5, 5.41) is 0. The number of benzene rings is 1. The molecule has 0 aromatic heterocycles. The summed E-state index contributed by atoms with van der Waals surface area (Å²) in [5.41, 5.74) is 1.91. The molecular weight excluding hydrogens is 213 g/mol. The van der Waals surface area contributed by atoms with Crippen molar-refractivity contribution in [2.24, 2.45) is 0 Å². The summed E-state index contributed by atoms with van der Waals surface area (Å²) in [6, 6.07) is 5.62. The van der Waals surface area contributed by atoms with Gasteiger partial charge in [0.15, 0.2) is 0 Å². The highest BCUT2D eigenvalue weighted by atomic mass is 19.1. The Morgan fingerprint density at radius 3 is 2.29 bits per heavy atom. The van der Waals surface area contributed by atoms with E-state index in [-0.39, 0.29) is 5.82 Å². The number of hydrogen-bond donors (Lipinski definition) is 0. The Hall–Kier alpha value is -0.890. The summed E-state index contributed by atoms with van der Waals surface area (Å²) in [5.74, 6) is 0.395. The fraction of sp³-hybridized carbons (Fsp3) is 0.600. The second-order valence-electron chi connectivity index (χ2n) is 4.60. The Labute approximate surface area is 105 Å². The highest BCUT2D eigenvalue weighted by Gasteiger charge is 2.20. The number of halogens is 1. The van der Waals surface area contributed by atoms with Crippen molar-refractivity contribution in [2.45, 2.75) is 39.5 Å². The lowest BCUT2D eigenvalue weighted by Crippen LogP contribution is -2.29. The lowest BCUT2D eigenvalue weighted by molar-refractivity contribution is 0.253. The van der Waals surface area contributed by atoms with Crippen molar-refractivity contribution in [2.75, 3.05) is 20.1 Å². The Morgan fingerprint density at radius 2 is 1.76 bits per heavy atom. The van der Waals surface area contributed by atoms with E-state index in [1.807, 2.05) is 32.9 Å². The number of rotatable bonds is 1. The first-order chi connectivity index (χ1) is 8.16. The van der Waals surface area contributed by atoms with Crippen molar-refractivity contribution in [3.05, 3.63) is 35.1 Å². The van der Waals surface area contributed by atoms with Crippen LogP contribution in [-0.4, -0.2) is 25.0 Å². The van der Waals surface area contributed by atoms with E-state index in [1.165, 1.54) is 0 Å². The van der Waals surface area contributed by atoms with E-state index in [0.29, 0.717) is 5.92 Å². The van der Waals surface area contributed by atoms with Crippen LogP contribution in [-0.2, 0) is 0 Å². The summed E-state index contributed by atoms with van der Waals surface area (Å²) in [4.78, 5) is 2.31. The topological polar surface area (TPSA) is 3.24 Å². The molecule has 96 valence electrons. The highest BCUT2D eigenvalue weighted by Crippen LogP contribution is 2.29. The Kier molecular flexibility index (Phi) is 5.63. The molecule has 1 heterocycles. The summed E-state index contributed by atoms with van der Waals surface area (Å²) in [6.45, 7) is 8.09. The maximum absolute atomic E-state index is 13.7. The predicted octanol–water partition coefficient (Wildman–Crippen LogP) is 3.97. The van der Waals surface area contributed by atoms with Gasteiger partial charge in [-0.1, -0.05) is 26.0 Å². The van der Waals surface area contributed by atoms with Crippen LogP contribution in [0.2, 0.25) is 0 Å². The average molecular weight is 237 g/mol. The van der Waals surface area contributed by atoms with Gasteiger partial charge in [0.05, 0.1) is 0 Å². The molecule has 0 saturated carbocycles. The second-order valence-corrected chi connectivity index (χ2v) is 4.60. The van der Waals surface area contributed by atoms with Crippen LogP contribution in [0.1, 0.15) is 43.7 Å². The van der Waals surface area contributed by atoms with E-state index in [9.17, 15) is 4.39 Å². The molecule has 1 aliphatic heterocycles. The minimum atomic E-state index is -0.0236. The zero-order valence-corrected chi connectivity index (χ0v) is 11.5. The first-order valence-electron chi connectivity index (χ1n) is 6.61. The molecular formula is C15H24FN. The second kappa shape index (κ2) is 6.75. The maximum atomic E-state index is 13.7. The molecule has 1 aliphatic rings. The van der Waals surface area contributed by atoms with Gasteiger partial charge < -0.3 is 4.90 Å². The van der Waals surface area contributed by atoms with Crippen molar-refractivity contribution in [1.82, 2.24) is 4.90 Å². The van der Waals surface area contributed by atoms with Crippen molar-refractivity contribution in [3.8, 4) is 0 Å². The minimum Gasteiger partial charge on any atom is -0.306 e. The van der Waals surface area contributed by atoms with Crippen LogP contribution in [0.4, 0.5) is 4.39 Å². The summed E-state index contributed by atoms with van der Waals surface area (Å²) >= 11 is 0. The Bertz CT molecular complexity index is 341. The number of aryl methyl sites for hydroxylation is 1. The van der Waals surface area contributed by atoms with Crippen LogP contribution < -0.4 is 0 Å². The van der Waals surface area contributed by atoms with Gasteiger partial charge in [0.25, 0.3) is 0 Å². The third-order valence-corrected chi connectivity index (χ3v) is 3.31. The molecule has 2 heteroatoms. The zero-order valence-electron chi connectivity index (χ0n) is 11.5. The van der Waals surface area contributed by atoms with E-state index < -0.39 is 0 Å². The molecule has 0 spiro atoms. The van der Waals surface area contributed by atoms with Gasteiger partial charge in [-0.2, -0.15) is 0 Å². The van der Waals surface area contributed by atoms with Gasteiger partial charge in [-0.25, -0.2) is 4.39 Å². The number of piperidine rings is 1. The lowest BCUT2D eigenvalue weighted by atomic mass is 9.89. The molecule has 0 atom stereocenters. The normalized spacial score (nSPS) is 17.5. The molecule has 0 unspecified atom stereocenters. The van der Waals surface area contributed by atoms with E-state index in [1.54, 1.807) is 6.07 Å². The molecule has 1 fully saturated rings. The van der Waals surface area contributed by atoms with Crippen molar-refractivity contribution >= 4 is 0 Å². The molecule has 0 amide bonds. The molecule has 17 heavy (non-hydrogen) atoms. The van der Waals surface area contributed by atoms with Crippen molar-refractivity contribution in [1.29, 1.82) is 0 Å². The quantitative estimate of drug-likeness (QED) is 0.714. The average Bonchev–Trinajstić information content (AvgIpc) is 2.33. The molecule has 0 radical (unpaired) electrons. The van der Waals surface area contributed by atoms with E-state index in [4.69, 9.17) is 0 Å². The molecule has 1 saturated heterocycles. The predicted molar refractivity (Wildman–Crippen MR) is 72.0 cm³/mol. The SMILES string of the molecule is CC.Cc1ccc(C2CCN(C)CC2)c(F)c1. The number of hydrogen-bond acceptors (Lipinski definition) is 1. The fourth-order valence-electron chi connectivity index (χ4n) is 2.28. The molecule has 1 aromatic rings. The number of likely N-dealkylation sites (tertiary alicyclic amines) is 1. The molecule has 0 N–H and O–H groups in total. The monoisotopic (exact) mass is 237 g/mol. The van der Waals surface area contributed by atoms with Crippen molar-refractivity contribution < 1.29 is 4.39 Å². The molecule has 2 rings (SSSR count). The molecule has 1 nitrogen and oxygen atoms in total. The summed E-state index contributed by atoms with van der Waals surface area (Å²) < 4.78 is 13.7. The molecule has 0 bridgehead atoms. The van der Waals surface area contributed by atoms with Gasteiger partial charge in [-0.05, 0) is 63.0 Å². The van der Waals surface area contributed by atoms with Crippen LogP contribution in [0.5, 0.6) is 0 Å². The highest BCUT2D eigenvalue weighted by molar-refractivity contribution is 5.26. The first kappa shape index (κ1) is 14.2. The fourth-order valence-corrected chi connectivity index (χ4v) is 2.28.